The number of esters is 1. The number of hydrogen-bond acceptors (Lipinski definition) is 8. The molecular weight excluding hydrogens is 418 g/mol. The standard InChI is InChI=1S/C23H23NO8/c1-30-16-9-8-15(12-17(16)31-2)20(26)18-19(24(10-11-25)22(28)21(18)27)13-4-6-14(7-5-13)23(29)32-3/h4-9,12,19,25-26H,10-11H2,1-3H3/t19-/m1/s1. The van der Waals surface area contributed by atoms with Crippen LogP contribution in [0.4, 0.5) is 0 Å². The van der Waals surface area contributed by atoms with Crippen molar-refractivity contribution < 1.29 is 38.8 Å². The summed E-state index contributed by atoms with van der Waals surface area (Å²) in [6.07, 6.45) is 0. The molecule has 1 saturated heterocycles. The Morgan fingerprint density at radius 2 is 1.59 bits per heavy atom. The zero-order valence-electron chi connectivity index (χ0n) is 17.8. The van der Waals surface area contributed by atoms with Gasteiger partial charge in [-0.3, -0.25) is 9.59 Å². The van der Waals surface area contributed by atoms with Gasteiger partial charge in [0, 0.05) is 12.1 Å². The van der Waals surface area contributed by atoms with E-state index in [1.54, 1.807) is 18.2 Å². The van der Waals surface area contributed by atoms with Gasteiger partial charge in [-0.2, -0.15) is 0 Å². The number of benzene rings is 2. The van der Waals surface area contributed by atoms with Crippen molar-refractivity contribution >= 4 is 23.4 Å². The molecule has 0 radical (unpaired) electrons. The van der Waals surface area contributed by atoms with Crippen LogP contribution in [0.2, 0.25) is 0 Å². The van der Waals surface area contributed by atoms with Crippen molar-refractivity contribution in [2.45, 2.75) is 6.04 Å². The molecule has 1 fully saturated rings. The Balaban J connectivity index is 2.16. The number of hydrogen-bond donors (Lipinski definition) is 2. The first-order valence-electron chi connectivity index (χ1n) is 9.67. The third-order valence-corrected chi connectivity index (χ3v) is 5.19. The molecule has 168 valence electrons. The molecule has 1 aliphatic rings. The van der Waals surface area contributed by atoms with Gasteiger partial charge < -0.3 is 29.3 Å². The highest BCUT2D eigenvalue weighted by molar-refractivity contribution is 6.46. The number of ether oxygens (including phenoxy) is 3. The van der Waals surface area contributed by atoms with Crippen LogP contribution in [0.3, 0.4) is 0 Å². The molecule has 2 aromatic rings. The highest BCUT2D eigenvalue weighted by atomic mass is 16.5. The van der Waals surface area contributed by atoms with Crippen LogP contribution >= 0.6 is 0 Å². The summed E-state index contributed by atoms with van der Waals surface area (Å²) in [6.45, 7) is -0.489. The second-order valence-electron chi connectivity index (χ2n) is 6.90. The highest BCUT2D eigenvalue weighted by Gasteiger charge is 2.45. The Morgan fingerprint density at radius 3 is 2.16 bits per heavy atom. The summed E-state index contributed by atoms with van der Waals surface area (Å²) in [6, 6.07) is 9.76. The Labute approximate surface area is 184 Å². The molecule has 1 aliphatic heterocycles. The molecule has 0 aromatic heterocycles. The minimum absolute atomic E-state index is 0.114. The maximum Gasteiger partial charge on any atom is 0.337 e. The van der Waals surface area contributed by atoms with Gasteiger partial charge in [0.1, 0.15) is 5.76 Å². The molecule has 32 heavy (non-hydrogen) atoms. The van der Waals surface area contributed by atoms with E-state index in [9.17, 15) is 24.6 Å². The largest absolute Gasteiger partial charge is 0.507 e. The van der Waals surface area contributed by atoms with Crippen LogP contribution in [0.5, 0.6) is 11.5 Å². The van der Waals surface area contributed by atoms with Crippen molar-refractivity contribution in [1.82, 2.24) is 4.90 Å². The van der Waals surface area contributed by atoms with Crippen LogP contribution in [0.25, 0.3) is 5.76 Å². The Bertz CT molecular complexity index is 1070. The summed E-state index contributed by atoms with van der Waals surface area (Å²) in [5.74, 6) is -1.89. The predicted molar refractivity (Wildman–Crippen MR) is 113 cm³/mol. The molecule has 1 amide bonds. The normalized spacial score (nSPS) is 17.4. The predicted octanol–water partition coefficient (Wildman–Crippen LogP) is 1.90. The summed E-state index contributed by atoms with van der Waals surface area (Å²) < 4.78 is 15.1. The summed E-state index contributed by atoms with van der Waals surface area (Å²) in [7, 11) is 4.16. The van der Waals surface area contributed by atoms with Gasteiger partial charge in [-0.1, -0.05) is 12.1 Å². The first-order chi connectivity index (χ1) is 15.4. The quantitative estimate of drug-likeness (QED) is 0.289. The number of rotatable bonds is 7. The van der Waals surface area contributed by atoms with Crippen molar-refractivity contribution in [3.8, 4) is 11.5 Å². The van der Waals surface area contributed by atoms with Gasteiger partial charge in [-0.15, -0.1) is 0 Å². The van der Waals surface area contributed by atoms with Gasteiger partial charge >= 0.3 is 5.97 Å². The van der Waals surface area contributed by atoms with Crippen LogP contribution in [0.15, 0.2) is 48.0 Å². The van der Waals surface area contributed by atoms with Gasteiger partial charge in [-0.05, 0) is 35.9 Å². The summed E-state index contributed by atoms with van der Waals surface area (Å²) in [4.78, 5) is 38.5. The van der Waals surface area contributed by atoms with Gasteiger partial charge in [-0.25, -0.2) is 4.79 Å². The Kier molecular flexibility index (Phi) is 6.79. The number of likely N-dealkylation sites (tertiary alicyclic amines) is 1. The van der Waals surface area contributed by atoms with Gasteiger partial charge in [0.15, 0.2) is 11.5 Å². The Hall–Kier alpha value is -3.85. The van der Waals surface area contributed by atoms with Crippen LogP contribution in [-0.4, -0.2) is 67.3 Å². The lowest BCUT2D eigenvalue weighted by Crippen LogP contribution is -2.32. The van der Waals surface area contributed by atoms with E-state index in [4.69, 9.17) is 14.2 Å². The van der Waals surface area contributed by atoms with Crippen LogP contribution in [0, 0.1) is 0 Å². The first-order valence-corrected chi connectivity index (χ1v) is 9.67. The summed E-state index contributed by atoms with van der Waals surface area (Å²) in [5.41, 5.74) is 0.880. The number of nitrogens with zero attached hydrogens (tertiary/aromatic N) is 1. The molecule has 0 spiro atoms. The second kappa shape index (κ2) is 9.52. The molecule has 2 aromatic carbocycles. The number of β-amino-alcohol motifs (C(OH)–C–C–N with tert-alkyl or cyclic N) is 1. The van der Waals surface area contributed by atoms with E-state index < -0.39 is 29.5 Å². The fourth-order valence-electron chi connectivity index (χ4n) is 3.62. The van der Waals surface area contributed by atoms with Crippen molar-refractivity contribution in [3.63, 3.8) is 0 Å². The van der Waals surface area contributed by atoms with E-state index in [0.717, 1.165) is 0 Å². The molecule has 1 atom stereocenters. The van der Waals surface area contributed by atoms with E-state index >= 15 is 0 Å². The maximum atomic E-state index is 12.9. The van der Waals surface area contributed by atoms with Crippen LogP contribution in [-0.2, 0) is 14.3 Å². The van der Waals surface area contributed by atoms with E-state index in [0.29, 0.717) is 17.1 Å². The molecule has 0 aliphatic carbocycles. The monoisotopic (exact) mass is 441 g/mol. The lowest BCUT2D eigenvalue weighted by atomic mass is 9.94. The van der Waals surface area contributed by atoms with E-state index in [2.05, 4.69) is 0 Å². The second-order valence-corrected chi connectivity index (χ2v) is 6.90. The number of carbonyl (C=O) groups excluding carboxylic acids is 3. The summed E-state index contributed by atoms with van der Waals surface area (Å²) in [5, 5.41) is 20.5. The fourth-order valence-corrected chi connectivity index (χ4v) is 3.62. The molecule has 3 rings (SSSR count). The number of aliphatic hydroxyl groups excluding tert-OH is 2. The van der Waals surface area contributed by atoms with Gasteiger partial charge in [0.05, 0.1) is 45.1 Å². The van der Waals surface area contributed by atoms with Crippen molar-refractivity contribution in [2.75, 3.05) is 34.5 Å². The zero-order valence-corrected chi connectivity index (χ0v) is 17.8. The maximum absolute atomic E-state index is 12.9. The highest BCUT2D eigenvalue weighted by Crippen LogP contribution is 2.40. The average molecular weight is 441 g/mol. The zero-order chi connectivity index (χ0) is 23.4. The topological polar surface area (TPSA) is 123 Å². The molecule has 2 N–H and O–H groups in total. The molecule has 0 saturated carbocycles. The number of methoxy groups -OCH3 is 3. The molecule has 0 bridgehead atoms. The van der Waals surface area contributed by atoms with Gasteiger partial charge in [0.2, 0.25) is 0 Å². The van der Waals surface area contributed by atoms with Gasteiger partial charge in [0.25, 0.3) is 11.7 Å². The number of Topliss-reactive ketones (excluding diaryl/α,β-unsaturated/α-hetero) is 1. The lowest BCUT2D eigenvalue weighted by molar-refractivity contribution is -0.140. The molecular formula is C23H23NO8. The summed E-state index contributed by atoms with van der Waals surface area (Å²) >= 11 is 0. The fraction of sp³-hybridized carbons (Fsp3) is 0.261. The van der Waals surface area contributed by atoms with E-state index in [1.165, 1.54) is 50.5 Å². The van der Waals surface area contributed by atoms with E-state index in [1.807, 2.05) is 0 Å². The first kappa shape index (κ1) is 22.8. The number of ketones is 1. The minimum atomic E-state index is -0.957. The average Bonchev–Trinajstić information content (AvgIpc) is 3.07. The third kappa shape index (κ3) is 4.02. The van der Waals surface area contributed by atoms with Crippen molar-refractivity contribution in [1.29, 1.82) is 0 Å². The number of carbonyl (C=O) groups is 3. The molecule has 0 unspecified atom stereocenters. The Morgan fingerprint density at radius 1 is 0.969 bits per heavy atom. The van der Waals surface area contributed by atoms with Crippen molar-refractivity contribution in [2.24, 2.45) is 0 Å². The lowest BCUT2D eigenvalue weighted by Gasteiger charge is -2.24. The third-order valence-electron chi connectivity index (χ3n) is 5.19. The van der Waals surface area contributed by atoms with Crippen molar-refractivity contribution in [3.05, 3.63) is 64.7 Å². The number of amides is 1. The SMILES string of the molecule is COC(=O)c1ccc([C@@H]2C(=C(O)c3ccc(OC)c(OC)c3)C(=O)C(=O)N2CCO)cc1. The number of aliphatic hydroxyl groups is 2. The molecule has 1 heterocycles. The van der Waals surface area contributed by atoms with Crippen LogP contribution < -0.4 is 9.47 Å². The minimum Gasteiger partial charge on any atom is -0.507 e. The smallest absolute Gasteiger partial charge is 0.337 e. The molecule has 9 heteroatoms. The van der Waals surface area contributed by atoms with Crippen LogP contribution in [0.1, 0.15) is 27.5 Å². The molecule has 9 nitrogen and oxygen atoms in total. The van der Waals surface area contributed by atoms with E-state index in [-0.39, 0.29) is 29.9 Å².